The number of rotatable bonds is 4. The van der Waals surface area contributed by atoms with Gasteiger partial charge in [-0.05, 0) is 33.8 Å². The van der Waals surface area contributed by atoms with Gasteiger partial charge in [0, 0.05) is 6.07 Å². The van der Waals surface area contributed by atoms with E-state index in [1.54, 1.807) is 20.8 Å². The third kappa shape index (κ3) is 4.49. The second-order valence-corrected chi connectivity index (χ2v) is 5.17. The van der Waals surface area contributed by atoms with Crippen molar-refractivity contribution >= 4 is 11.7 Å². The summed E-state index contributed by atoms with van der Waals surface area (Å²) in [6.45, 7) is 6.51. The Morgan fingerprint density at radius 2 is 2.00 bits per heavy atom. The Morgan fingerprint density at radius 1 is 1.40 bits per heavy atom. The lowest BCUT2D eigenvalue weighted by Crippen LogP contribution is -2.33. The topological polar surface area (TPSA) is 78.7 Å². The van der Waals surface area contributed by atoms with Crippen LogP contribution in [0.1, 0.15) is 27.7 Å². The van der Waals surface area contributed by atoms with Crippen LogP contribution in [-0.4, -0.2) is 22.6 Å². The summed E-state index contributed by atoms with van der Waals surface area (Å²) in [5, 5.41) is 10.5. The van der Waals surface area contributed by atoms with Gasteiger partial charge in [-0.1, -0.05) is 0 Å². The van der Waals surface area contributed by atoms with Crippen LogP contribution in [0.25, 0.3) is 0 Å². The summed E-state index contributed by atoms with van der Waals surface area (Å²) in [4.78, 5) is 21.4. The first-order chi connectivity index (χ1) is 9.10. The molecule has 20 heavy (non-hydrogen) atoms. The van der Waals surface area contributed by atoms with E-state index in [2.05, 4.69) is 0 Å². The highest BCUT2D eigenvalue weighted by Crippen LogP contribution is 2.24. The Bertz CT molecular complexity index is 524. The predicted molar refractivity (Wildman–Crippen MR) is 69.0 cm³/mol. The van der Waals surface area contributed by atoms with E-state index in [-0.39, 0.29) is 11.4 Å². The molecule has 0 bridgehead atoms. The molecule has 1 aromatic carbocycles. The van der Waals surface area contributed by atoms with Gasteiger partial charge in [-0.3, -0.25) is 10.1 Å². The van der Waals surface area contributed by atoms with Crippen LogP contribution < -0.4 is 4.74 Å². The summed E-state index contributed by atoms with van der Waals surface area (Å²) in [5.41, 5.74) is -1.07. The lowest BCUT2D eigenvalue weighted by atomic mass is 10.2. The molecule has 110 valence electrons. The Kier molecular flexibility index (Phi) is 4.65. The standard InChI is InChI=1S/C13H16FNO5/c1-8(12(16)20-13(2,3)4)19-11-6-5-9(15(17)18)7-10(11)14/h5-8H,1-4H3. The Morgan fingerprint density at radius 3 is 2.45 bits per heavy atom. The van der Waals surface area contributed by atoms with Gasteiger partial charge in [-0.25, -0.2) is 9.18 Å². The number of nitro groups is 1. The molecule has 0 fully saturated rings. The summed E-state index contributed by atoms with van der Waals surface area (Å²) < 4.78 is 23.8. The van der Waals surface area contributed by atoms with Crippen molar-refractivity contribution < 1.29 is 23.6 Å². The highest BCUT2D eigenvalue weighted by Gasteiger charge is 2.24. The summed E-state index contributed by atoms with van der Waals surface area (Å²) >= 11 is 0. The zero-order chi connectivity index (χ0) is 15.5. The van der Waals surface area contributed by atoms with Crippen molar-refractivity contribution in [3.8, 4) is 5.75 Å². The van der Waals surface area contributed by atoms with Gasteiger partial charge in [-0.2, -0.15) is 0 Å². The highest BCUT2D eigenvalue weighted by molar-refractivity contribution is 5.75. The van der Waals surface area contributed by atoms with Gasteiger partial charge in [0.1, 0.15) is 5.60 Å². The van der Waals surface area contributed by atoms with Crippen LogP contribution in [0, 0.1) is 15.9 Å². The van der Waals surface area contributed by atoms with Crippen LogP contribution >= 0.6 is 0 Å². The zero-order valence-electron chi connectivity index (χ0n) is 11.7. The van der Waals surface area contributed by atoms with E-state index in [0.717, 1.165) is 18.2 Å². The zero-order valence-corrected chi connectivity index (χ0v) is 11.7. The van der Waals surface area contributed by atoms with Crippen molar-refractivity contribution in [2.45, 2.75) is 39.4 Å². The minimum atomic E-state index is -1.02. The maximum Gasteiger partial charge on any atom is 0.347 e. The number of benzene rings is 1. The minimum absolute atomic E-state index is 0.242. The third-order valence-corrected chi connectivity index (χ3v) is 2.17. The van der Waals surface area contributed by atoms with Crippen molar-refractivity contribution in [2.24, 2.45) is 0 Å². The molecule has 0 aliphatic carbocycles. The number of hydrogen-bond donors (Lipinski definition) is 0. The molecular weight excluding hydrogens is 269 g/mol. The smallest absolute Gasteiger partial charge is 0.347 e. The maximum atomic E-state index is 13.6. The molecule has 1 atom stereocenters. The molecule has 0 aliphatic heterocycles. The van der Waals surface area contributed by atoms with Crippen LogP contribution in [0.4, 0.5) is 10.1 Å². The van der Waals surface area contributed by atoms with Crippen LogP contribution in [0.5, 0.6) is 5.75 Å². The van der Waals surface area contributed by atoms with Gasteiger partial charge in [-0.15, -0.1) is 0 Å². The first-order valence-electron chi connectivity index (χ1n) is 5.93. The number of hydrogen-bond acceptors (Lipinski definition) is 5. The molecular formula is C13H16FNO5. The first-order valence-corrected chi connectivity index (χ1v) is 5.93. The summed E-state index contributed by atoms with van der Waals surface area (Å²) in [7, 11) is 0. The number of nitro benzene ring substituents is 1. The summed E-state index contributed by atoms with van der Waals surface area (Å²) in [6, 6.07) is 2.94. The fourth-order valence-corrected chi connectivity index (χ4v) is 1.32. The highest BCUT2D eigenvalue weighted by atomic mass is 19.1. The fraction of sp³-hybridized carbons (Fsp3) is 0.462. The average molecular weight is 285 g/mol. The van der Waals surface area contributed by atoms with Gasteiger partial charge in [0.05, 0.1) is 11.0 Å². The summed E-state index contributed by atoms with van der Waals surface area (Å²) in [5.74, 6) is -1.79. The maximum absolute atomic E-state index is 13.6. The molecule has 0 aromatic heterocycles. The number of non-ortho nitro benzene ring substituents is 1. The predicted octanol–water partition coefficient (Wildman–Crippen LogP) is 2.84. The van der Waals surface area contributed by atoms with E-state index in [1.165, 1.54) is 6.92 Å². The van der Waals surface area contributed by atoms with Crippen LogP contribution in [-0.2, 0) is 9.53 Å². The fourth-order valence-electron chi connectivity index (χ4n) is 1.32. The van der Waals surface area contributed by atoms with Crippen molar-refractivity contribution in [1.29, 1.82) is 0 Å². The second kappa shape index (κ2) is 5.85. The van der Waals surface area contributed by atoms with E-state index >= 15 is 0 Å². The average Bonchev–Trinajstić information content (AvgIpc) is 2.29. The molecule has 0 radical (unpaired) electrons. The van der Waals surface area contributed by atoms with E-state index in [1.807, 2.05) is 0 Å². The quantitative estimate of drug-likeness (QED) is 0.483. The number of halogens is 1. The molecule has 0 spiro atoms. The van der Waals surface area contributed by atoms with Crippen molar-refractivity contribution in [1.82, 2.24) is 0 Å². The van der Waals surface area contributed by atoms with Gasteiger partial charge in [0.2, 0.25) is 0 Å². The molecule has 0 aliphatic rings. The Balaban J connectivity index is 2.78. The van der Waals surface area contributed by atoms with E-state index in [4.69, 9.17) is 9.47 Å². The lowest BCUT2D eigenvalue weighted by molar-refractivity contribution is -0.385. The number of nitrogens with zero attached hydrogens (tertiary/aromatic N) is 1. The molecule has 0 saturated heterocycles. The van der Waals surface area contributed by atoms with Crippen LogP contribution in [0.3, 0.4) is 0 Å². The first kappa shape index (κ1) is 15.9. The van der Waals surface area contributed by atoms with Crippen LogP contribution in [0.15, 0.2) is 18.2 Å². The lowest BCUT2D eigenvalue weighted by Gasteiger charge is -2.22. The molecule has 0 heterocycles. The minimum Gasteiger partial charge on any atom is -0.476 e. The van der Waals surface area contributed by atoms with Crippen LogP contribution in [0.2, 0.25) is 0 Å². The van der Waals surface area contributed by atoms with Gasteiger partial charge >= 0.3 is 5.97 Å². The number of esters is 1. The monoisotopic (exact) mass is 285 g/mol. The van der Waals surface area contributed by atoms with Crippen molar-refractivity contribution in [2.75, 3.05) is 0 Å². The molecule has 0 saturated carbocycles. The number of carbonyl (C=O) groups excluding carboxylic acids is 1. The molecule has 6 nitrogen and oxygen atoms in total. The third-order valence-electron chi connectivity index (χ3n) is 2.17. The SMILES string of the molecule is CC(Oc1ccc([N+](=O)[O-])cc1F)C(=O)OC(C)(C)C. The molecule has 0 amide bonds. The largest absolute Gasteiger partial charge is 0.476 e. The molecule has 7 heteroatoms. The molecule has 1 aromatic rings. The van der Waals surface area contributed by atoms with Crippen molar-refractivity contribution in [3.63, 3.8) is 0 Å². The van der Waals surface area contributed by atoms with E-state index in [9.17, 15) is 19.3 Å². The van der Waals surface area contributed by atoms with Gasteiger partial charge < -0.3 is 9.47 Å². The molecule has 0 N–H and O–H groups in total. The van der Waals surface area contributed by atoms with Gasteiger partial charge in [0.15, 0.2) is 17.7 Å². The van der Waals surface area contributed by atoms with Gasteiger partial charge in [0.25, 0.3) is 5.69 Å². The number of carbonyl (C=O) groups is 1. The number of ether oxygens (including phenoxy) is 2. The van der Waals surface area contributed by atoms with Crippen molar-refractivity contribution in [3.05, 3.63) is 34.1 Å². The summed E-state index contributed by atoms with van der Waals surface area (Å²) in [6.07, 6.45) is -1.02. The normalized spacial score (nSPS) is 12.7. The molecule has 1 rings (SSSR count). The Labute approximate surface area is 115 Å². The Hall–Kier alpha value is -2.18. The molecule has 1 unspecified atom stereocenters. The second-order valence-electron chi connectivity index (χ2n) is 5.17. The van der Waals surface area contributed by atoms with E-state index < -0.39 is 28.4 Å². The van der Waals surface area contributed by atoms with E-state index in [0.29, 0.717) is 0 Å².